The van der Waals surface area contributed by atoms with Crippen LogP contribution in [-0.4, -0.2) is 9.67 Å². The van der Waals surface area contributed by atoms with Gasteiger partial charge in [0, 0.05) is 0 Å². The molecule has 1 aromatic heterocycles. The lowest BCUT2D eigenvalue weighted by Crippen LogP contribution is -2.32. The van der Waals surface area contributed by atoms with E-state index in [1.807, 2.05) is 24.0 Å². The summed E-state index contributed by atoms with van der Waals surface area (Å²) < 4.78 is 4.05. The monoisotopic (exact) mass is 169 g/mol. The Labute approximate surface area is 73.3 Å². The van der Waals surface area contributed by atoms with Crippen molar-refractivity contribution >= 4 is 0 Å². The number of aliphatic hydroxyl groups excluding tert-OH is 1. The van der Waals surface area contributed by atoms with E-state index in [4.69, 9.17) is 5.11 Å². The summed E-state index contributed by atoms with van der Waals surface area (Å²) in [5, 5.41) is 9.05. The van der Waals surface area contributed by atoms with Crippen LogP contribution in [0.4, 0.5) is 0 Å². The van der Waals surface area contributed by atoms with Crippen molar-refractivity contribution in [1.29, 1.82) is 0 Å². The normalized spacial score (nSPS) is 10.6. The molecule has 12 heavy (non-hydrogen) atoms. The minimum absolute atomic E-state index is 0.118. The summed E-state index contributed by atoms with van der Waals surface area (Å²) in [7, 11) is 1.95. The maximum absolute atomic E-state index is 9.05. The number of hydrogen-bond acceptors (Lipinski definition) is 1. The number of rotatable bonds is 4. The topological polar surface area (TPSA) is 29.0 Å². The van der Waals surface area contributed by atoms with Crippen molar-refractivity contribution in [2.45, 2.75) is 32.9 Å². The van der Waals surface area contributed by atoms with E-state index in [1.165, 1.54) is 12.8 Å². The van der Waals surface area contributed by atoms with Gasteiger partial charge >= 0.3 is 0 Å². The Morgan fingerprint density at radius 1 is 1.58 bits per heavy atom. The molecule has 0 radical (unpaired) electrons. The number of aliphatic hydroxyl groups is 1. The highest BCUT2D eigenvalue weighted by atomic mass is 16.3. The molecule has 0 saturated heterocycles. The molecule has 0 aliphatic rings. The number of aryl methyl sites for hydroxylation is 2. The maximum atomic E-state index is 9.05. The van der Waals surface area contributed by atoms with E-state index >= 15 is 0 Å². The first kappa shape index (κ1) is 9.26. The molecule has 0 unspecified atom stereocenters. The van der Waals surface area contributed by atoms with Gasteiger partial charge in [0.15, 0.2) is 0 Å². The highest BCUT2D eigenvalue weighted by molar-refractivity contribution is 4.80. The van der Waals surface area contributed by atoms with E-state index in [1.54, 1.807) is 0 Å². The second-order valence-electron chi connectivity index (χ2n) is 3.03. The first-order valence-electron chi connectivity index (χ1n) is 4.44. The minimum atomic E-state index is 0.118. The smallest absolute Gasteiger partial charge is 0.282 e. The summed E-state index contributed by atoms with van der Waals surface area (Å²) in [6, 6.07) is 0. The summed E-state index contributed by atoms with van der Waals surface area (Å²) >= 11 is 0. The lowest BCUT2D eigenvalue weighted by Gasteiger charge is -1.98. The first-order chi connectivity index (χ1) is 5.79. The number of aromatic nitrogens is 2. The summed E-state index contributed by atoms with van der Waals surface area (Å²) in [5.74, 6) is 0.975. The quantitative estimate of drug-likeness (QED) is 0.657. The van der Waals surface area contributed by atoms with Gasteiger partial charge in [-0.15, -0.1) is 0 Å². The first-order valence-corrected chi connectivity index (χ1v) is 4.44. The Morgan fingerprint density at radius 3 is 2.92 bits per heavy atom. The fraction of sp³-hybridized carbons (Fsp3) is 0.667. The fourth-order valence-corrected chi connectivity index (χ4v) is 1.29. The van der Waals surface area contributed by atoms with Crippen molar-refractivity contribution in [3.05, 3.63) is 18.2 Å². The van der Waals surface area contributed by atoms with E-state index in [0.717, 1.165) is 12.4 Å². The van der Waals surface area contributed by atoms with Gasteiger partial charge in [0.2, 0.25) is 0 Å². The van der Waals surface area contributed by atoms with E-state index in [-0.39, 0.29) is 6.61 Å². The third-order valence-corrected chi connectivity index (χ3v) is 2.10. The van der Waals surface area contributed by atoms with Gasteiger partial charge in [-0.2, -0.15) is 0 Å². The number of nitrogens with zero attached hydrogens (tertiary/aromatic N) is 2. The van der Waals surface area contributed by atoms with Crippen molar-refractivity contribution in [2.75, 3.05) is 0 Å². The molecule has 1 N–H and O–H groups in total. The van der Waals surface area contributed by atoms with Crippen LogP contribution in [0.2, 0.25) is 0 Å². The average molecular weight is 169 g/mol. The van der Waals surface area contributed by atoms with Crippen LogP contribution in [0.15, 0.2) is 12.4 Å². The van der Waals surface area contributed by atoms with Crippen molar-refractivity contribution in [3.8, 4) is 0 Å². The van der Waals surface area contributed by atoms with E-state index in [0.29, 0.717) is 0 Å². The van der Waals surface area contributed by atoms with Gasteiger partial charge in [0.1, 0.15) is 19.0 Å². The fourth-order valence-electron chi connectivity index (χ4n) is 1.29. The van der Waals surface area contributed by atoms with Crippen LogP contribution >= 0.6 is 0 Å². The van der Waals surface area contributed by atoms with Crippen LogP contribution in [-0.2, 0) is 20.2 Å². The Kier molecular flexibility index (Phi) is 3.29. The van der Waals surface area contributed by atoms with Crippen LogP contribution in [0.5, 0.6) is 0 Å². The molecule has 0 spiro atoms. The lowest BCUT2D eigenvalue weighted by molar-refractivity contribution is -0.680. The van der Waals surface area contributed by atoms with Crippen molar-refractivity contribution < 1.29 is 9.67 Å². The molecule has 1 rings (SSSR count). The zero-order valence-corrected chi connectivity index (χ0v) is 7.82. The summed E-state index contributed by atoms with van der Waals surface area (Å²) in [4.78, 5) is 0. The van der Waals surface area contributed by atoms with Crippen LogP contribution < -0.4 is 4.57 Å². The number of imidazole rings is 1. The van der Waals surface area contributed by atoms with Gasteiger partial charge in [-0.25, -0.2) is 9.13 Å². The average Bonchev–Trinajstić information content (AvgIpc) is 2.43. The largest absolute Gasteiger partial charge is 0.384 e. The highest BCUT2D eigenvalue weighted by Gasteiger charge is 2.11. The van der Waals surface area contributed by atoms with Crippen molar-refractivity contribution in [2.24, 2.45) is 7.05 Å². The zero-order chi connectivity index (χ0) is 8.97. The van der Waals surface area contributed by atoms with E-state index < -0.39 is 0 Å². The molecule has 0 fully saturated rings. The molecule has 1 aromatic rings. The Morgan fingerprint density at radius 2 is 2.33 bits per heavy atom. The summed E-state index contributed by atoms with van der Waals surface area (Å²) in [6.45, 7) is 3.29. The SMILES string of the molecule is CCCCn1cc[n+](C)c1CO. The third kappa shape index (κ3) is 1.85. The molecule has 68 valence electrons. The molecule has 0 aliphatic carbocycles. The van der Waals surface area contributed by atoms with Gasteiger partial charge in [0.25, 0.3) is 5.82 Å². The second kappa shape index (κ2) is 4.26. The minimum Gasteiger partial charge on any atom is -0.384 e. The third-order valence-electron chi connectivity index (χ3n) is 2.10. The van der Waals surface area contributed by atoms with Crippen LogP contribution in [0, 0.1) is 0 Å². The Balaban J connectivity index is 2.70. The molecule has 0 aliphatic heterocycles. The predicted molar refractivity (Wildman–Crippen MR) is 46.4 cm³/mol. The van der Waals surface area contributed by atoms with Crippen molar-refractivity contribution in [3.63, 3.8) is 0 Å². The lowest BCUT2D eigenvalue weighted by atomic mass is 10.3. The molecule has 0 saturated carbocycles. The van der Waals surface area contributed by atoms with Crippen LogP contribution in [0.3, 0.4) is 0 Å². The van der Waals surface area contributed by atoms with Gasteiger partial charge < -0.3 is 5.11 Å². The standard InChI is InChI=1S/C9H17N2O/c1-3-4-5-11-7-6-10(2)9(11)8-12/h6-7,12H,3-5,8H2,1-2H3/q+1. The van der Waals surface area contributed by atoms with E-state index in [9.17, 15) is 0 Å². The summed E-state index contributed by atoms with van der Waals surface area (Å²) in [6.07, 6.45) is 6.34. The molecule has 0 atom stereocenters. The Bertz CT molecular complexity index is 243. The molecular formula is C9H17N2O+. The molecule has 0 bridgehead atoms. The number of hydrogen-bond donors (Lipinski definition) is 1. The molecule has 0 amide bonds. The van der Waals surface area contributed by atoms with Crippen LogP contribution in [0.25, 0.3) is 0 Å². The second-order valence-corrected chi connectivity index (χ2v) is 3.03. The van der Waals surface area contributed by atoms with Crippen molar-refractivity contribution in [1.82, 2.24) is 4.57 Å². The predicted octanol–water partition coefficient (Wildman–Crippen LogP) is 0.605. The molecular weight excluding hydrogens is 152 g/mol. The molecule has 3 nitrogen and oxygen atoms in total. The van der Waals surface area contributed by atoms with Gasteiger partial charge in [-0.05, 0) is 6.42 Å². The molecule has 1 heterocycles. The maximum Gasteiger partial charge on any atom is 0.282 e. The van der Waals surface area contributed by atoms with Crippen LogP contribution in [0.1, 0.15) is 25.6 Å². The van der Waals surface area contributed by atoms with Gasteiger partial charge in [-0.3, -0.25) is 0 Å². The Hall–Kier alpha value is -0.830. The zero-order valence-electron chi connectivity index (χ0n) is 7.82. The highest BCUT2D eigenvalue weighted by Crippen LogP contribution is 1.98. The van der Waals surface area contributed by atoms with E-state index in [2.05, 4.69) is 11.5 Å². The molecule has 0 aromatic carbocycles. The molecule has 3 heteroatoms. The number of unbranched alkanes of at least 4 members (excludes halogenated alkanes) is 1. The van der Waals surface area contributed by atoms with Gasteiger partial charge in [-0.1, -0.05) is 13.3 Å². The summed E-state index contributed by atoms with van der Waals surface area (Å²) in [5.41, 5.74) is 0. The van der Waals surface area contributed by atoms with Gasteiger partial charge in [0.05, 0.1) is 13.6 Å².